The van der Waals surface area contributed by atoms with Crippen LogP contribution < -0.4 is 11.4 Å². The summed E-state index contributed by atoms with van der Waals surface area (Å²) in [6.45, 7) is 0. The van der Waals surface area contributed by atoms with Crippen molar-refractivity contribution in [2.45, 2.75) is 0 Å². The van der Waals surface area contributed by atoms with Crippen LogP contribution in [0.2, 0.25) is 0 Å². The van der Waals surface area contributed by atoms with E-state index in [1.54, 1.807) is 24.5 Å². The van der Waals surface area contributed by atoms with Crippen LogP contribution in [0.5, 0.6) is 0 Å². The van der Waals surface area contributed by atoms with Crippen LogP contribution in [0.25, 0.3) is 22.3 Å². The van der Waals surface area contributed by atoms with Crippen LogP contribution in [0.4, 0.5) is 0 Å². The van der Waals surface area contributed by atoms with Gasteiger partial charge in [0.25, 0.3) is 0 Å². The normalized spacial score (nSPS) is 10.4. The van der Waals surface area contributed by atoms with Crippen LogP contribution in [-0.4, -0.2) is 34.9 Å². The minimum absolute atomic E-state index is 0.214. The van der Waals surface area contributed by atoms with Crippen LogP contribution in [0.1, 0.15) is 0 Å². The Morgan fingerprint density at radius 1 is 0.850 bits per heavy atom. The molecule has 100 valence electrons. The molecule has 0 saturated carbocycles. The Labute approximate surface area is 110 Å². The van der Waals surface area contributed by atoms with Crippen LogP contribution in [0.3, 0.4) is 0 Å². The van der Waals surface area contributed by atoms with E-state index in [0.717, 1.165) is 5.52 Å². The molecule has 0 aliphatic carbocycles. The molecule has 4 rings (SSSR count). The molecule has 0 aromatic carbocycles. The zero-order chi connectivity index (χ0) is 13.9. The molecule has 9 heteroatoms. The number of pyridine rings is 1. The Balaban J connectivity index is 0.000000121. The summed E-state index contributed by atoms with van der Waals surface area (Å²) >= 11 is 0. The Morgan fingerprint density at radius 3 is 2.25 bits per heavy atom. The van der Waals surface area contributed by atoms with Gasteiger partial charge in [-0.2, -0.15) is 0 Å². The van der Waals surface area contributed by atoms with Crippen molar-refractivity contribution in [1.29, 1.82) is 0 Å². The average Bonchev–Trinajstić information content (AvgIpc) is 2.99. The third-order valence-corrected chi connectivity index (χ3v) is 2.48. The number of aromatic nitrogens is 7. The van der Waals surface area contributed by atoms with Gasteiger partial charge in [-0.05, 0) is 12.1 Å². The van der Waals surface area contributed by atoms with Crippen molar-refractivity contribution >= 4 is 22.3 Å². The predicted molar refractivity (Wildman–Crippen MR) is 71.2 cm³/mol. The fourth-order valence-electron chi connectivity index (χ4n) is 1.65. The van der Waals surface area contributed by atoms with E-state index in [1.165, 1.54) is 6.33 Å². The van der Waals surface area contributed by atoms with Crippen molar-refractivity contribution in [1.82, 2.24) is 34.9 Å². The first-order valence-corrected chi connectivity index (χ1v) is 5.63. The maximum absolute atomic E-state index is 10.6. The van der Waals surface area contributed by atoms with Gasteiger partial charge in [-0.3, -0.25) is 9.97 Å². The lowest BCUT2D eigenvalue weighted by Gasteiger charge is -1.81. The SMILES string of the molecule is O=c1[nH]c2cccnc2[nH]1.O=c1[nH]c2cncnc2[nH]1. The molecule has 0 atom stereocenters. The highest BCUT2D eigenvalue weighted by molar-refractivity contribution is 5.68. The Morgan fingerprint density at radius 2 is 1.55 bits per heavy atom. The number of nitrogens with one attached hydrogen (secondary N) is 4. The Kier molecular flexibility index (Phi) is 2.84. The van der Waals surface area contributed by atoms with Crippen LogP contribution >= 0.6 is 0 Å². The number of hydrogen-bond acceptors (Lipinski definition) is 5. The van der Waals surface area contributed by atoms with Crippen molar-refractivity contribution < 1.29 is 0 Å². The molecule has 20 heavy (non-hydrogen) atoms. The molecule has 0 spiro atoms. The van der Waals surface area contributed by atoms with E-state index in [9.17, 15) is 9.59 Å². The van der Waals surface area contributed by atoms with E-state index in [1.807, 2.05) is 0 Å². The molecule has 0 aliphatic rings. The molecule has 4 aromatic rings. The van der Waals surface area contributed by atoms with Crippen molar-refractivity contribution in [2.24, 2.45) is 0 Å². The number of aromatic amines is 4. The van der Waals surface area contributed by atoms with E-state index < -0.39 is 0 Å². The first-order valence-electron chi connectivity index (χ1n) is 5.63. The number of rotatable bonds is 0. The Bertz CT molecular complexity index is 809. The zero-order valence-corrected chi connectivity index (χ0v) is 10.0. The van der Waals surface area contributed by atoms with Crippen LogP contribution in [-0.2, 0) is 0 Å². The summed E-state index contributed by atoms with van der Waals surface area (Å²) in [5.41, 5.74) is 2.05. The lowest BCUT2D eigenvalue weighted by Crippen LogP contribution is -1.99. The summed E-state index contributed by atoms with van der Waals surface area (Å²) in [7, 11) is 0. The second-order valence-electron chi connectivity index (χ2n) is 3.84. The van der Waals surface area contributed by atoms with Gasteiger partial charge in [0.15, 0.2) is 11.3 Å². The van der Waals surface area contributed by atoms with Crippen molar-refractivity contribution in [3.05, 3.63) is 51.8 Å². The van der Waals surface area contributed by atoms with Gasteiger partial charge in [0.2, 0.25) is 0 Å². The largest absolute Gasteiger partial charge is 0.325 e. The highest BCUT2D eigenvalue weighted by Crippen LogP contribution is 1.99. The summed E-state index contributed by atoms with van der Waals surface area (Å²) in [5.74, 6) is 0. The molecule has 0 unspecified atom stereocenters. The van der Waals surface area contributed by atoms with Gasteiger partial charge in [-0.15, -0.1) is 0 Å². The third kappa shape index (κ3) is 2.32. The molecule has 0 radical (unpaired) electrons. The van der Waals surface area contributed by atoms with Crippen molar-refractivity contribution in [3.63, 3.8) is 0 Å². The molecular formula is C11H9N7O2. The lowest BCUT2D eigenvalue weighted by molar-refractivity contribution is 1.18. The maximum Gasteiger partial charge on any atom is 0.325 e. The molecule has 4 aromatic heterocycles. The summed E-state index contributed by atoms with van der Waals surface area (Å²) in [4.78, 5) is 42.8. The Hall–Kier alpha value is -3.23. The van der Waals surface area contributed by atoms with Crippen molar-refractivity contribution in [3.8, 4) is 0 Å². The van der Waals surface area contributed by atoms with E-state index in [2.05, 4.69) is 34.9 Å². The number of H-pyrrole nitrogens is 4. The van der Waals surface area contributed by atoms with Gasteiger partial charge in [-0.1, -0.05) is 0 Å². The number of hydrogen-bond donors (Lipinski definition) is 4. The second kappa shape index (κ2) is 4.80. The highest BCUT2D eigenvalue weighted by atomic mass is 16.1. The molecular weight excluding hydrogens is 262 g/mol. The van der Waals surface area contributed by atoms with Gasteiger partial charge in [0.1, 0.15) is 11.8 Å². The topological polar surface area (TPSA) is 136 Å². The quantitative estimate of drug-likeness (QED) is 0.354. The van der Waals surface area contributed by atoms with Crippen LogP contribution in [0.15, 0.2) is 40.4 Å². The molecule has 0 aliphatic heterocycles. The monoisotopic (exact) mass is 271 g/mol. The number of imidazole rings is 2. The first kappa shape index (κ1) is 11.8. The average molecular weight is 271 g/mol. The van der Waals surface area contributed by atoms with Gasteiger partial charge in [0, 0.05) is 6.20 Å². The standard InChI is InChI=1S/C6H5N3O.C5H4N4O/c10-6-8-4-2-1-3-7-5(4)9-6;10-5-8-3-1-6-2-7-4(3)9-5/h1-3H,(H2,7,8,9,10);1-2H,(H2,6,7,8,9,10). The zero-order valence-electron chi connectivity index (χ0n) is 10.0. The molecule has 4 heterocycles. The maximum atomic E-state index is 10.6. The van der Waals surface area contributed by atoms with E-state index in [4.69, 9.17) is 0 Å². The van der Waals surface area contributed by atoms with E-state index >= 15 is 0 Å². The molecule has 0 fully saturated rings. The summed E-state index contributed by atoms with van der Waals surface area (Å²) in [6.07, 6.45) is 4.55. The predicted octanol–water partition coefficient (Wildman–Crippen LogP) is -0.103. The van der Waals surface area contributed by atoms with E-state index in [-0.39, 0.29) is 11.4 Å². The fourth-order valence-corrected chi connectivity index (χ4v) is 1.65. The minimum atomic E-state index is -0.254. The van der Waals surface area contributed by atoms with Crippen LogP contribution in [0, 0.1) is 0 Å². The van der Waals surface area contributed by atoms with Crippen molar-refractivity contribution in [2.75, 3.05) is 0 Å². The molecule has 0 saturated heterocycles. The van der Waals surface area contributed by atoms with E-state index in [0.29, 0.717) is 16.8 Å². The number of nitrogens with zero attached hydrogens (tertiary/aromatic N) is 3. The van der Waals surface area contributed by atoms with Gasteiger partial charge in [0.05, 0.1) is 11.7 Å². The molecule has 9 nitrogen and oxygen atoms in total. The smallest absolute Gasteiger partial charge is 0.304 e. The molecule has 0 bridgehead atoms. The highest BCUT2D eigenvalue weighted by Gasteiger charge is 1.95. The second-order valence-corrected chi connectivity index (χ2v) is 3.84. The summed E-state index contributed by atoms with van der Waals surface area (Å²) < 4.78 is 0. The summed E-state index contributed by atoms with van der Waals surface area (Å²) in [6, 6.07) is 3.56. The van der Waals surface area contributed by atoms with Gasteiger partial charge >= 0.3 is 11.4 Å². The molecule has 0 amide bonds. The first-order chi connectivity index (χ1) is 9.72. The number of fused-ring (bicyclic) bond motifs is 2. The summed E-state index contributed by atoms with van der Waals surface area (Å²) in [5, 5.41) is 0. The lowest BCUT2D eigenvalue weighted by atomic mass is 10.4. The molecule has 4 N–H and O–H groups in total. The third-order valence-electron chi connectivity index (χ3n) is 2.48. The van der Waals surface area contributed by atoms with Gasteiger partial charge < -0.3 is 9.97 Å². The fraction of sp³-hybridized carbons (Fsp3) is 0. The van der Waals surface area contributed by atoms with Gasteiger partial charge in [-0.25, -0.2) is 24.5 Å². The minimum Gasteiger partial charge on any atom is -0.304 e.